The van der Waals surface area contributed by atoms with E-state index in [0.29, 0.717) is 29.8 Å². The highest BCUT2D eigenvalue weighted by atomic mass is 19.1. The van der Waals surface area contributed by atoms with Gasteiger partial charge >= 0.3 is 11.9 Å². The third-order valence-electron chi connectivity index (χ3n) is 4.37. The minimum Gasteiger partial charge on any atom is -0.478 e. The summed E-state index contributed by atoms with van der Waals surface area (Å²) in [6, 6.07) is 4.17. The monoisotopic (exact) mass is 378 g/mol. The SMILES string of the molecule is Cc1c(F)cc(N2C[C@H](C)NC[C@H]2C)c2occc12.O=C(O)/C=C/C(=O)O. The number of aliphatic carboxylic acids is 2. The van der Waals surface area contributed by atoms with Crippen molar-refractivity contribution in [2.24, 2.45) is 0 Å². The molecule has 27 heavy (non-hydrogen) atoms. The van der Waals surface area contributed by atoms with Crippen LogP contribution in [0.1, 0.15) is 19.4 Å². The summed E-state index contributed by atoms with van der Waals surface area (Å²) >= 11 is 0. The average molecular weight is 378 g/mol. The van der Waals surface area contributed by atoms with Gasteiger partial charge in [0.05, 0.1) is 12.0 Å². The summed E-state index contributed by atoms with van der Waals surface area (Å²) in [7, 11) is 0. The zero-order chi connectivity index (χ0) is 20.1. The van der Waals surface area contributed by atoms with Gasteiger partial charge in [-0.2, -0.15) is 0 Å². The average Bonchev–Trinajstić information content (AvgIpc) is 3.09. The van der Waals surface area contributed by atoms with E-state index in [0.717, 1.165) is 29.7 Å². The maximum absolute atomic E-state index is 14.1. The smallest absolute Gasteiger partial charge is 0.328 e. The number of hydrogen-bond donors (Lipinski definition) is 3. The molecular weight excluding hydrogens is 355 g/mol. The number of benzene rings is 1. The molecule has 0 amide bonds. The van der Waals surface area contributed by atoms with Gasteiger partial charge in [0.25, 0.3) is 0 Å². The second-order valence-electron chi connectivity index (χ2n) is 6.49. The lowest BCUT2D eigenvalue weighted by molar-refractivity contribution is -0.134. The zero-order valence-corrected chi connectivity index (χ0v) is 15.4. The van der Waals surface area contributed by atoms with Crippen molar-refractivity contribution in [1.82, 2.24) is 5.32 Å². The Morgan fingerprint density at radius 3 is 2.52 bits per heavy atom. The number of nitrogens with one attached hydrogen (secondary N) is 1. The molecule has 1 aliphatic rings. The minimum atomic E-state index is -1.26. The van der Waals surface area contributed by atoms with Crippen LogP contribution in [0, 0.1) is 12.7 Å². The van der Waals surface area contributed by atoms with E-state index in [4.69, 9.17) is 14.6 Å². The molecule has 0 aliphatic carbocycles. The van der Waals surface area contributed by atoms with Gasteiger partial charge in [0.15, 0.2) is 5.58 Å². The Balaban J connectivity index is 0.000000279. The third-order valence-corrected chi connectivity index (χ3v) is 4.37. The minimum absolute atomic E-state index is 0.165. The number of halogens is 1. The molecule has 0 radical (unpaired) electrons. The molecule has 1 aliphatic heterocycles. The molecule has 8 heteroatoms. The molecule has 3 rings (SSSR count). The number of piperazine rings is 1. The van der Waals surface area contributed by atoms with Gasteiger partial charge in [0.1, 0.15) is 5.82 Å². The first-order chi connectivity index (χ1) is 12.7. The predicted molar refractivity (Wildman–Crippen MR) is 99.6 cm³/mol. The van der Waals surface area contributed by atoms with Gasteiger partial charge in [-0.3, -0.25) is 0 Å². The van der Waals surface area contributed by atoms with E-state index in [1.807, 2.05) is 6.07 Å². The van der Waals surface area contributed by atoms with Crippen LogP contribution in [0.5, 0.6) is 0 Å². The lowest BCUT2D eigenvalue weighted by atomic mass is 10.1. The Hall–Kier alpha value is -2.87. The molecule has 2 aromatic rings. The summed E-state index contributed by atoms with van der Waals surface area (Å²) in [6.07, 6.45) is 2.75. The molecule has 1 fully saturated rings. The van der Waals surface area contributed by atoms with Gasteiger partial charge in [-0.05, 0) is 32.4 Å². The van der Waals surface area contributed by atoms with Crippen molar-refractivity contribution in [1.29, 1.82) is 0 Å². The van der Waals surface area contributed by atoms with Crippen LogP contribution in [0.25, 0.3) is 11.0 Å². The Bertz CT molecular complexity index is 845. The number of fused-ring (bicyclic) bond motifs is 1. The Morgan fingerprint density at radius 1 is 1.30 bits per heavy atom. The topological polar surface area (TPSA) is 103 Å². The molecule has 2 heterocycles. The number of carboxylic acids is 2. The van der Waals surface area contributed by atoms with Crippen LogP contribution in [0.15, 0.2) is 35.0 Å². The maximum Gasteiger partial charge on any atom is 0.328 e. The van der Waals surface area contributed by atoms with E-state index in [1.54, 1.807) is 19.3 Å². The number of aryl methyl sites for hydroxylation is 1. The van der Waals surface area contributed by atoms with Crippen LogP contribution in [-0.4, -0.2) is 47.3 Å². The summed E-state index contributed by atoms with van der Waals surface area (Å²) in [5.74, 6) is -2.68. The number of anilines is 1. The number of rotatable bonds is 3. The largest absolute Gasteiger partial charge is 0.478 e. The summed E-state index contributed by atoms with van der Waals surface area (Å²) in [5.41, 5.74) is 2.31. The normalized spacial score (nSPS) is 19.8. The fraction of sp³-hybridized carbons (Fsp3) is 0.368. The van der Waals surface area contributed by atoms with E-state index in [2.05, 4.69) is 24.1 Å². The fourth-order valence-corrected chi connectivity index (χ4v) is 2.94. The van der Waals surface area contributed by atoms with E-state index < -0.39 is 11.9 Å². The third kappa shape index (κ3) is 5.07. The molecule has 7 nitrogen and oxygen atoms in total. The second kappa shape index (κ2) is 8.68. The van der Waals surface area contributed by atoms with Crippen LogP contribution in [0.2, 0.25) is 0 Å². The zero-order valence-electron chi connectivity index (χ0n) is 15.4. The van der Waals surface area contributed by atoms with Crippen molar-refractivity contribution in [3.63, 3.8) is 0 Å². The van der Waals surface area contributed by atoms with Crippen molar-refractivity contribution in [2.75, 3.05) is 18.0 Å². The first-order valence-electron chi connectivity index (χ1n) is 8.51. The summed E-state index contributed by atoms with van der Waals surface area (Å²) in [4.78, 5) is 21.3. The first kappa shape index (κ1) is 20.4. The van der Waals surface area contributed by atoms with Crippen LogP contribution in [0.4, 0.5) is 10.1 Å². The molecule has 1 saturated heterocycles. The molecule has 146 valence electrons. The quantitative estimate of drug-likeness (QED) is 0.706. The number of carbonyl (C=O) groups is 2. The van der Waals surface area contributed by atoms with Crippen LogP contribution in [-0.2, 0) is 9.59 Å². The van der Waals surface area contributed by atoms with Gasteiger partial charge in [0.2, 0.25) is 0 Å². The Labute approximate surface area is 156 Å². The maximum atomic E-state index is 14.1. The molecule has 0 spiro atoms. The standard InChI is InChI=1S/C15H19FN2O.C4H4O4/c1-9-8-18(10(2)7-17-9)14-6-13(16)11(3)12-4-5-19-15(12)14;5-3(6)1-2-4(7)8/h4-6,9-10,17H,7-8H2,1-3H3;1-2H,(H,5,6)(H,7,8)/b;2-1+/t9-,10+;/m0./s1. The van der Waals surface area contributed by atoms with E-state index >= 15 is 0 Å². The summed E-state index contributed by atoms with van der Waals surface area (Å²) < 4.78 is 19.7. The Morgan fingerprint density at radius 2 is 1.93 bits per heavy atom. The lowest BCUT2D eigenvalue weighted by Crippen LogP contribution is -2.54. The highest BCUT2D eigenvalue weighted by Crippen LogP contribution is 2.33. The summed E-state index contributed by atoms with van der Waals surface area (Å²) in [5, 5.41) is 19.9. The molecule has 3 N–H and O–H groups in total. The first-order valence-corrected chi connectivity index (χ1v) is 8.51. The van der Waals surface area contributed by atoms with Gasteiger partial charge in [0, 0.05) is 48.8 Å². The van der Waals surface area contributed by atoms with Gasteiger partial charge in [-0.25, -0.2) is 14.0 Å². The predicted octanol–water partition coefficient (Wildman–Crippen LogP) is 2.78. The van der Waals surface area contributed by atoms with Crippen molar-refractivity contribution >= 4 is 28.6 Å². The molecular formula is C19H23FN2O5. The molecule has 2 atom stereocenters. The van der Waals surface area contributed by atoms with E-state index in [1.165, 1.54) is 0 Å². The lowest BCUT2D eigenvalue weighted by Gasteiger charge is -2.39. The fourth-order valence-electron chi connectivity index (χ4n) is 2.94. The van der Waals surface area contributed by atoms with Crippen LogP contribution >= 0.6 is 0 Å². The van der Waals surface area contributed by atoms with Gasteiger partial charge in [-0.1, -0.05) is 0 Å². The second-order valence-corrected chi connectivity index (χ2v) is 6.49. The number of hydrogen-bond acceptors (Lipinski definition) is 5. The molecule has 0 unspecified atom stereocenters. The van der Waals surface area contributed by atoms with Crippen LogP contribution in [0.3, 0.4) is 0 Å². The number of nitrogens with zero attached hydrogens (tertiary/aromatic N) is 1. The Kier molecular flexibility index (Phi) is 6.57. The van der Waals surface area contributed by atoms with Gasteiger partial charge in [-0.15, -0.1) is 0 Å². The number of carboxylic acid groups (broad SMARTS) is 2. The summed E-state index contributed by atoms with van der Waals surface area (Å²) in [6.45, 7) is 7.84. The van der Waals surface area contributed by atoms with Crippen molar-refractivity contribution in [2.45, 2.75) is 32.9 Å². The highest BCUT2D eigenvalue weighted by molar-refractivity contribution is 5.92. The van der Waals surface area contributed by atoms with Gasteiger partial charge < -0.3 is 24.8 Å². The molecule has 0 saturated carbocycles. The van der Waals surface area contributed by atoms with Crippen LogP contribution < -0.4 is 10.2 Å². The highest BCUT2D eigenvalue weighted by Gasteiger charge is 2.26. The van der Waals surface area contributed by atoms with E-state index in [-0.39, 0.29) is 5.82 Å². The van der Waals surface area contributed by atoms with Crippen molar-refractivity contribution < 1.29 is 28.6 Å². The van der Waals surface area contributed by atoms with Crippen molar-refractivity contribution in [3.8, 4) is 0 Å². The van der Waals surface area contributed by atoms with Crippen molar-refractivity contribution in [3.05, 3.63) is 41.9 Å². The molecule has 1 aromatic carbocycles. The van der Waals surface area contributed by atoms with E-state index in [9.17, 15) is 14.0 Å². The molecule has 1 aromatic heterocycles. The molecule has 0 bridgehead atoms. The number of furan rings is 1.